The molecule has 1 N–H and O–H groups in total. The molecule has 1 unspecified atom stereocenters. The molecule has 1 aromatic carbocycles. The van der Waals surface area contributed by atoms with Crippen LogP contribution in [0.4, 0.5) is 0 Å². The molecule has 1 aromatic rings. The topological polar surface area (TPSA) is 47.6 Å². The first-order valence-corrected chi connectivity index (χ1v) is 7.50. The Balaban J connectivity index is 2.61. The van der Waals surface area contributed by atoms with Crippen molar-refractivity contribution < 1.29 is 14.3 Å². The number of hydrogen-bond donors (Lipinski definition) is 1. The molecule has 0 bridgehead atoms. The normalized spacial score (nSPS) is 12.2. The Morgan fingerprint density at radius 1 is 1.14 bits per heavy atom. The second-order valence-corrected chi connectivity index (χ2v) is 5.49. The Morgan fingerprint density at radius 2 is 1.81 bits per heavy atom. The quantitative estimate of drug-likeness (QED) is 0.712. The number of methoxy groups -OCH3 is 2. The molecule has 4 nitrogen and oxygen atoms in total. The summed E-state index contributed by atoms with van der Waals surface area (Å²) in [5.74, 6) is 1.02. The van der Waals surface area contributed by atoms with Crippen molar-refractivity contribution >= 4 is 5.91 Å². The molecule has 0 radical (unpaired) electrons. The van der Waals surface area contributed by atoms with E-state index in [4.69, 9.17) is 9.47 Å². The van der Waals surface area contributed by atoms with Gasteiger partial charge in [-0.2, -0.15) is 0 Å². The first-order chi connectivity index (χ1) is 10.1. The van der Waals surface area contributed by atoms with Crippen molar-refractivity contribution in [3.63, 3.8) is 0 Å². The van der Waals surface area contributed by atoms with Crippen LogP contribution in [0.25, 0.3) is 0 Å². The van der Waals surface area contributed by atoms with Gasteiger partial charge < -0.3 is 14.8 Å². The minimum atomic E-state index is -0.127. The second kappa shape index (κ2) is 9.40. The van der Waals surface area contributed by atoms with Crippen LogP contribution in [0, 0.1) is 5.92 Å². The number of benzene rings is 1. The van der Waals surface area contributed by atoms with Crippen molar-refractivity contribution in [1.82, 2.24) is 5.32 Å². The zero-order chi connectivity index (χ0) is 15.7. The van der Waals surface area contributed by atoms with Crippen molar-refractivity contribution in [1.29, 1.82) is 0 Å². The lowest BCUT2D eigenvalue weighted by atomic mass is 9.87. The summed E-state index contributed by atoms with van der Waals surface area (Å²) in [5.41, 5.74) is 1.03. The molecule has 21 heavy (non-hydrogen) atoms. The number of hydrogen-bond acceptors (Lipinski definition) is 3. The van der Waals surface area contributed by atoms with Gasteiger partial charge in [-0.25, -0.2) is 0 Å². The van der Waals surface area contributed by atoms with Crippen LogP contribution in [0.3, 0.4) is 0 Å². The lowest BCUT2D eigenvalue weighted by Crippen LogP contribution is -2.32. The number of ether oxygens (including phenoxy) is 2. The monoisotopic (exact) mass is 293 g/mol. The van der Waals surface area contributed by atoms with E-state index in [0.717, 1.165) is 30.8 Å². The molecule has 0 aromatic heterocycles. The average Bonchev–Trinajstić information content (AvgIpc) is 2.47. The molecule has 0 heterocycles. The highest BCUT2D eigenvalue weighted by molar-refractivity contribution is 5.83. The first kappa shape index (κ1) is 17.5. The van der Waals surface area contributed by atoms with E-state index in [1.165, 1.54) is 0 Å². The van der Waals surface area contributed by atoms with Gasteiger partial charge in [0.15, 0.2) is 0 Å². The largest absolute Gasteiger partial charge is 0.497 e. The molecule has 4 heteroatoms. The number of carbonyl (C=O) groups excluding carboxylic acids is 1. The molecule has 0 aliphatic carbocycles. The molecule has 1 rings (SSSR count). The van der Waals surface area contributed by atoms with Crippen molar-refractivity contribution in [2.75, 3.05) is 27.4 Å². The van der Waals surface area contributed by atoms with Gasteiger partial charge in [-0.05, 0) is 36.5 Å². The third-order valence-electron chi connectivity index (χ3n) is 3.50. The molecule has 0 saturated heterocycles. The highest BCUT2D eigenvalue weighted by Gasteiger charge is 2.23. The molecule has 1 atom stereocenters. The van der Waals surface area contributed by atoms with Gasteiger partial charge in [-0.15, -0.1) is 0 Å². The fraction of sp³-hybridized carbons (Fsp3) is 0.588. The van der Waals surface area contributed by atoms with Gasteiger partial charge in [0, 0.05) is 20.3 Å². The maximum atomic E-state index is 12.4. The van der Waals surface area contributed by atoms with Crippen LogP contribution in [0.1, 0.15) is 38.2 Å². The van der Waals surface area contributed by atoms with Gasteiger partial charge in [-0.1, -0.05) is 26.0 Å². The van der Waals surface area contributed by atoms with Gasteiger partial charge >= 0.3 is 0 Å². The molecule has 0 saturated carbocycles. The molecular formula is C17H27NO3. The Kier molecular flexibility index (Phi) is 7.83. The van der Waals surface area contributed by atoms with E-state index in [1.807, 2.05) is 24.3 Å². The summed E-state index contributed by atoms with van der Waals surface area (Å²) in [6.45, 7) is 5.57. The molecule has 0 aliphatic heterocycles. The Bertz CT molecular complexity index is 415. The smallest absolute Gasteiger partial charge is 0.227 e. The van der Waals surface area contributed by atoms with Crippen LogP contribution < -0.4 is 10.1 Å². The zero-order valence-electron chi connectivity index (χ0n) is 13.5. The SMILES string of the molecule is COCCCCNC(=O)C(c1ccc(OC)cc1)C(C)C. The van der Waals surface area contributed by atoms with E-state index in [1.54, 1.807) is 14.2 Å². The van der Waals surface area contributed by atoms with Crippen molar-refractivity contribution in [3.8, 4) is 5.75 Å². The number of unbranched alkanes of at least 4 members (excludes halogenated alkanes) is 1. The van der Waals surface area contributed by atoms with Crippen LogP contribution in [0.2, 0.25) is 0 Å². The summed E-state index contributed by atoms with van der Waals surface area (Å²) in [6.07, 6.45) is 1.90. The highest BCUT2D eigenvalue weighted by atomic mass is 16.5. The summed E-state index contributed by atoms with van der Waals surface area (Å²) in [7, 11) is 3.33. The van der Waals surface area contributed by atoms with Gasteiger partial charge in [0.05, 0.1) is 13.0 Å². The molecule has 118 valence electrons. The number of carbonyl (C=O) groups is 1. The van der Waals surface area contributed by atoms with Crippen molar-refractivity contribution in [2.24, 2.45) is 5.92 Å². The average molecular weight is 293 g/mol. The fourth-order valence-electron chi connectivity index (χ4n) is 2.34. The molecule has 1 amide bonds. The van der Waals surface area contributed by atoms with Crippen LogP contribution in [-0.4, -0.2) is 33.3 Å². The third-order valence-corrected chi connectivity index (χ3v) is 3.50. The summed E-state index contributed by atoms with van der Waals surface area (Å²) in [6, 6.07) is 7.73. The summed E-state index contributed by atoms with van der Waals surface area (Å²) in [4.78, 5) is 12.4. The van der Waals surface area contributed by atoms with E-state index in [-0.39, 0.29) is 17.7 Å². The molecule has 0 fully saturated rings. The summed E-state index contributed by atoms with van der Waals surface area (Å²) < 4.78 is 10.2. The number of nitrogens with one attached hydrogen (secondary N) is 1. The number of amides is 1. The highest BCUT2D eigenvalue weighted by Crippen LogP contribution is 2.26. The Morgan fingerprint density at radius 3 is 2.33 bits per heavy atom. The minimum Gasteiger partial charge on any atom is -0.497 e. The van der Waals surface area contributed by atoms with E-state index in [9.17, 15) is 4.79 Å². The Labute approximate surface area is 127 Å². The molecule has 0 spiro atoms. The van der Waals surface area contributed by atoms with Gasteiger partial charge in [0.2, 0.25) is 5.91 Å². The van der Waals surface area contributed by atoms with E-state index in [2.05, 4.69) is 19.2 Å². The predicted molar refractivity (Wildman–Crippen MR) is 84.7 cm³/mol. The van der Waals surface area contributed by atoms with Gasteiger partial charge in [0.25, 0.3) is 0 Å². The van der Waals surface area contributed by atoms with E-state index in [0.29, 0.717) is 6.54 Å². The van der Waals surface area contributed by atoms with Crippen LogP contribution >= 0.6 is 0 Å². The number of rotatable bonds is 9. The Hall–Kier alpha value is -1.55. The van der Waals surface area contributed by atoms with E-state index < -0.39 is 0 Å². The minimum absolute atomic E-state index is 0.0904. The lowest BCUT2D eigenvalue weighted by molar-refractivity contribution is -0.123. The second-order valence-electron chi connectivity index (χ2n) is 5.49. The van der Waals surface area contributed by atoms with Crippen LogP contribution in [0.5, 0.6) is 5.75 Å². The van der Waals surface area contributed by atoms with E-state index >= 15 is 0 Å². The van der Waals surface area contributed by atoms with Gasteiger partial charge in [-0.3, -0.25) is 4.79 Å². The summed E-state index contributed by atoms with van der Waals surface area (Å²) in [5, 5.41) is 3.02. The van der Waals surface area contributed by atoms with Crippen LogP contribution in [0.15, 0.2) is 24.3 Å². The maximum Gasteiger partial charge on any atom is 0.227 e. The zero-order valence-corrected chi connectivity index (χ0v) is 13.5. The lowest BCUT2D eigenvalue weighted by Gasteiger charge is -2.21. The molecule has 0 aliphatic rings. The third kappa shape index (κ3) is 5.76. The van der Waals surface area contributed by atoms with Crippen molar-refractivity contribution in [3.05, 3.63) is 29.8 Å². The van der Waals surface area contributed by atoms with Crippen LogP contribution in [-0.2, 0) is 9.53 Å². The first-order valence-electron chi connectivity index (χ1n) is 7.50. The molecular weight excluding hydrogens is 266 g/mol. The summed E-state index contributed by atoms with van der Waals surface area (Å²) >= 11 is 0. The predicted octanol–water partition coefficient (Wildman–Crippen LogP) is 2.98. The maximum absolute atomic E-state index is 12.4. The van der Waals surface area contributed by atoms with Gasteiger partial charge in [0.1, 0.15) is 5.75 Å². The fourth-order valence-corrected chi connectivity index (χ4v) is 2.34. The standard InChI is InChI=1S/C17H27NO3/c1-13(2)16(14-7-9-15(21-4)10-8-14)17(19)18-11-5-6-12-20-3/h7-10,13,16H,5-6,11-12H2,1-4H3,(H,18,19). The van der Waals surface area contributed by atoms with Crippen molar-refractivity contribution in [2.45, 2.75) is 32.6 Å².